The van der Waals surface area contributed by atoms with E-state index in [2.05, 4.69) is 21.2 Å². The fraction of sp³-hybridized carbons (Fsp3) is 0.600. The van der Waals surface area contributed by atoms with Gasteiger partial charge in [-0.15, -0.1) is 0 Å². The lowest BCUT2D eigenvalue weighted by Gasteiger charge is -2.21. The second-order valence-electron chi connectivity index (χ2n) is 5.01. The summed E-state index contributed by atoms with van der Waals surface area (Å²) in [6.07, 6.45) is 7.08. The molecule has 3 heteroatoms. The Balaban J connectivity index is 1.54. The molecular weight excluding hydrogens is 290 g/mol. The van der Waals surface area contributed by atoms with E-state index >= 15 is 0 Å². The van der Waals surface area contributed by atoms with Crippen LogP contribution in [0.2, 0.25) is 0 Å². The van der Waals surface area contributed by atoms with Crippen LogP contribution < -0.4 is 10.1 Å². The standard InChI is InChI=1S/C15H22BrNO/c16-14-6-8-15(9-7-14)18-11-10-17-12-13-4-2-1-3-5-13/h6-9,13,17H,1-5,10-12H2. The second-order valence-corrected chi connectivity index (χ2v) is 5.93. The number of halogens is 1. The van der Waals surface area contributed by atoms with Crippen LogP contribution in [-0.4, -0.2) is 19.7 Å². The summed E-state index contributed by atoms with van der Waals surface area (Å²) in [5.41, 5.74) is 0. The fourth-order valence-corrected chi connectivity index (χ4v) is 2.73. The van der Waals surface area contributed by atoms with Crippen LogP contribution in [0.15, 0.2) is 28.7 Å². The highest BCUT2D eigenvalue weighted by molar-refractivity contribution is 9.10. The van der Waals surface area contributed by atoms with Gasteiger partial charge in [0.05, 0.1) is 0 Å². The molecule has 1 fully saturated rings. The van der Waals surface area contributed by atoms with Crippen molar-refractivity contribution in [1.82, 2.24) is 5.32 Å². The van der Waals surface area contributed by atoms with E-state index in [0.29, 0.717) is 0 Å². The SMILES string of the molecule is Brc1ccc(OCCNCC2CCCCC2)cc1. The van der Waals surface area contributed by atoms with Crippen molar-refractivity contribution in [3.05, 3.63) is 28.7 Å². The van der Waals surface area contributed by atoms with E-state index in [1.165, 1.54) is 32.1 Å². The van der Waals surface area contributed by atoms with E-state index in [4.69, 9.17) is 4.74 Å². The number of nitrogens with one attached hydrogen (secondary N) is 1. The molecule has 0 aliphatic heterocycles. The van der Waals surface area contributed by atoms with Crippen LogP contribution in [0.3, 0.4) is 0 Å². The molecule has 0 bridgehead atoms. The van der Waals surface area contributed by atoms with Gasteiger partial charge in [0.1, 0.15) is 12.4 Å². The van der Waals surface area contributed by atoms with E-state index in [0.717, 1.165) is 35.8 Å². The minimum atomic E-state index is 0.744. The largest absolute Gasteiger partial charge is 0.492 e. The molecule has 0 heterocycles. The normalized spacial score (nSPS) is 16.7. The Bertz CT molecular complexity index is 333. The smallest absolute Gasteiger partial charge is 0.119 e. The highest BCUT2D eigenvalue weighted by Gasteiger charge is 2.12. The molecule has 2 rings (SSSR count). The topological polar surface area (TPSA) is 21.3 Å². The zero-order valence-corrected chi connectivity index (χ0v) is 12.4. The van der Waals surface area contributed by atoms with Crippen LogP contribution in [0.25, 0.3) is 0 Å². The van der Waals surface area contributed by atoms with Crippen molar-refractivity contribution in [2.24, 2.45) is 5.92 Å². The maximum absolute atomic E-state index is 5.67. The van der Waals surface area contributed by atoms with E-state index in [9.17, 15) is 0 Å². The summed E-state index contributed by atoms with van der Waals surface area (Å²) in [6, 6.07) is 7.99. The molecule has 0 spiro atoms. The highest BCUT2D eigenvalue weighted by Crippen LogP contribution is 2.22. The van der Waals surface area contributed by atoms with E-state index in [1.807, 2.05) is 24.3 Å². The molecule has 1 aliphatic carbocycles. The monoisotopic (exact) mass is 311 g/mol. The van der Waals surface area contributed by atoms with Gasteiger partial charge in [0.15, 0.2) is 0 Å². The molecular formula is C15H22BrNO. The Morgan fingerprint density at radius 3 is 2.56 bits per heavy atom. The van der Waals surface area contributed by atoms with Gasteiger partial charge in [-0.25, -0.2) is 0 Å². The molecule has 1 saturated carbocycles. The van der Waals surface area contributed by atoms with Crippen molar-refractivity contribution in [3.63, 3.8) is 0 Å². The summed E-state index contributed by atoms with van der Waals surface area (Å²) in [7, 11) is 0. The first-order chi connectivity index (χ1) is 8.84. The fourth-order valence-electron chi connectivity index (χ4n) is 2.47. The van der Waals surface area contributed by atoms with E-state index < -0.39 is 0 Å². The van der Waals surface area contributed by atoms with Crippen LogP contribution >= 0.6 is 15.9 Å². The molecule has 1 N–H and O–H groups in total. The first-order valence-electron chi connectivity index (χ1n) is 6.94. The van der Waals surface area contributed by atoms with Crippen LogP contribution in [0.1, 0.15) is 32.1 Å². The van der Waals surface area contributed by atoms with Gasteiger partial charge in [0.25, 0.3) is 0 Å². The summed E-state index contributed by atoms with van der Waals surface area (Å²) in [5.74, 6) is 1.84. The lowest BCUT2D eigenvalue weighted by Crippen LogP contribution is -2.28. The summed E-state index contributed by atoms with van der Waals surface area (Å²) in [5, 5.41) is 3.50. The first kappa shape index (κ1) is 13.9. The number of ether oxygens (including phenoxy) is 1. The molecule has 1 aromatic carbocycles. The minimum Gasteiger partial charge on any atom is -0.492 e. The maximum atomic E-state index is 5.67. The van der Waals surface area contributed by atoms with Gasteiger partial charge in [-0.3, -0.25) is 0 Å². The molecule has 0 radical (unpaired) electrons. The van der Waals surface area contributed by atoms with Gasteiger partial charge in [0.2, 0.25) is 0 Å². The van der Waals surface area contributed by atoms with Gasteiger partial charge >= 0.3 is 0 Å². The van der Waals surface area contributed by atoms with Crippen LogP contribution in [0, 0.1) is 5.92 Å². The first-order valence-corrected chi connectivity index (χ1v) is 7.73. The molecule has 18 heavy (non-hydrogen) atoms. The van der Waals surface area contributed by atoms with Crippen molar-refractivity contribution in [2.75, 3.05) is 19.7 Å². The van der Waals surface area contributed by atoms with Crippen molar-refractivity contribution >= 4 is 15.9 Å². The highest BCUT2D eigenvalue weighted by atomic mass is 79.9. The Morgan fingerprint density at radius 1 is 1.11 bits per heavy atom. The van der Waals surface area contributed by atoms with Crippen LogP contribution in [-0.2, 0) is 0 Å². The molecule has 0 amide bonds. The van der Waals surface area contributed by atoms with Crippen molar-refractivity contribution < 1.29 is 4.74 Å². The third kappa shape index (κ3) is 4.99. The predicted octanol–water partition coefficient (Wildman–Crippen LogP) is 4.00. The van der Waals surface area contributed by atoms with Gasteiger partial charge in [-0.1, -0.05) is 35.2 Å². The summed E-state index contributed by atoms with van der Waals surface area (Å²) >= 11 is 3.41. The van der Waals surface area contributed by atoms with Crippen LogP contribution in [0.4, 0.5) is 0 Å². The van der Waals surface area contributed by atoms with Crippen LogP contribution in [0.5, 0.6) is 5.75 Å². The molecule has 0 aromatic heterocycles. The average Bonchev–Trinajstić information content (AvgIpc) is 2.42. The summed E-state index contributed by atoms with van der Waals surface area (Å²) < 4.78 is 6.76. The zero-order chi connectivity index (χ0) is 12.6. The molecule has 1 aliphatic rings. The molecule has 0 atom stereocenters. The Labute approximate surface area is 118 Å². The predicted molar refractivity (Wildman–Crippen MR) is 79.1 cm³/mol. The maximum Gasteiger partial charge on any atom is 0.119 e. The number of rotatable bonds is 6. The Hall–Kier alpha value is -0.540. The molecule has 2 nitrogen and oxygen atoms in total. The number of benzene rings is 1. The number of hydrogen-bond donors (Lipinski definition) is 1. The second kappa shape index (κ2) is 7.80. The Morgan fingerprint density at radius 2 is 1.83 bits per heavy atom. The zero-order valence-electron chi connectivity index (χ0n) is 10.8. The van der Waals surface area contributed by atoms with Gasteiger partial charge < -0.3 is 10.1 Å². The third-order valence-corrected chi connectivity index (χ3v) is 4.05. The average molecular weight is 312 g/mol. The minimum absolute atomic E-state index is 0.744. The van der Waals surface area contributed by atoms with Crippen molar-refractivity contribution in [1.29, 1.82) is 0 Å². The van der Waals surface area contributed by atoms with Gasteiger partial charge in [-0.2, -0.15) is 0 Å². The third-order valence-electron chi connectivity index (χ3n) is 3.52. The quantitative estimate of drug-likeness (QED) is 0.802. The lowest BCUT2D eigenvalue weighted by atomic mass is 9.89. The molecule has 100 valence electrons. The Kier molecular flexibility index (Phi) is 6.01. The van der Waals surface area contributed by atoms with E-state index in [1.54, 1.807) is 0 Å². The van der Waals surface area contributed by atoms with Gasteiger partial charge in [0, 0.05) is 11.0 Å². The van der Waals surface area contributed by atoms with Gasteiger partial charge in [-0.05, 0) is 49.6 Å². The molecule has 0 saturated heterocycles. The summed E-state index contributed by atoms with van der Waals surface area (Å²) in [4.78, 5) is 0. The summed E-state index contributed by atoms with van der Waals surface area (Å²) in [6.45, 7) is 2.84. The van der Waals surface area contributed by atoms with E-state index in [-0.39, 0.29) is 0 Å². The lowest BCUT2D eigenvalue weighted by molar-refractivity contribution is 0.294. The molecule has 0 unspecified atom stereocenters. The molecule has 1 aromatic rings. The van der Waals surface area contributed by atoms with Crippen molar-refractivity contribution in [3.8, 4) is 5.75 Å². The number of hydrogen-bond acceptors (Lipinski definition) is 2. The van der Waals surface area contributed by atoms with Crippen molar-refractivity contribution in [2.45, 2.75) is 32.1 Å².